The van der Waals surface area contributed by atoms with Crippen molar-refractivity contribution in [1.29, 1.82) is 0 Å². The van der Waals surface area contributed by atoms with Crippen LogP contribution in [0.5, 0.6) is 0 Å². The van der Waals surface area contributed by atoms with Crippen LogP contribution in [-0.4, -0.2) is 52.6 Å². The van der Waals surface area contributed by atoms with Crippen LogP contribution in [0.15, 0.2) is 47.0 Å². The third-order valence-electron chi connectivity index (χ3n) is 4.96. The van der Waals surface area contributed by atoms with E-state index in [-0.39, 0.29) is 12.2 Å². The molecule has 1 aromatic carbocycles. The number of fused-ring (bicyclic) bond motifs is 1. The fraction of sp³-hybridized carbons (Fsp3) is 0.263. The van der Waals surface area contributed by atoms with Crippen molar-refractivity contribution in [2.24, 2.45) is 0 Å². The molecule has 8 nitrogen and oxygen atoms in total. The molecule has 5 rings (SSSR count). The van der Waals surface area contributed by atoms with Crippen LogP contribution in [0.2, 0.25) is 0 Å². The van der Waals surface area contributed by atoms with Gasteiger partial charge in [0.05, 0.1) is 19.4 Å². The number of nitrogen functional groups attached to an aromatic ring is 1. The Morgan fingerprint density at radius 2 is 2.07 bits per heavy atom. The van der Waals surface area contributed by atoms with Crippen molar-refractivity contribution in [2.45, 2.75) is 6.17 Å². The van der Waals surface area contributed by atoms with Gasteiger partial charge in [-0.2, -0.15) is 0 Å². The lowest BCUT2D eigenvalue weighted by Crippen LogP contribution is -2.49. The molecule has 2 aliphatic heterocycles. The van der Waals surface area contributed by atoms with Crippen LogP contribution in [0.25, 0.3) is 28.1 Å². The Balaban J connectivity index is 1.47. The zero-order chi connectivity index (χ0) is 18.2. The predicted molar refractivity (Wildman–Crippen MR) is 102 cm³/mol. The average Bonchev–Trinajstić information content (AvgIpc) is 3.34. The number of H-pyrrole nitrogens is 1. The van der Waals surface area contributed by atoms with Crippen LogP contribution in [0.1, 0.15) is 5.56 Å². The molecule has 3 aromatic rings. The number of benzene rings is 1. The van der Waals surface area contributed by atoms with Crippen molar-refractivity contribution in [3.05, 3.63) is 48.2 Å². The van der Waals surface area contributed by atoms with Gasteiger partial charge < -0.3 is 25.2 Å². The lowest BCUT2D eigenvalue weighted by Gasteiger charge is -2.35. The highest BCUT2D eigenvalue weighted by atomic mass is 16.5. The number of ether oxygens (including phenoxy) is 1. The Morgan fingerprint density at radius 3 is 2.89 bits per heavy atom. The van der Waals surface area contributed by atoms with Gasteiger partial charge >= 0.3 is 6.01 Å². The number of nitrogens with zero attached hydrogens (tertiary/aromatic N) is 3. The second kappa shape index (κ2) is 6.57. The minimum Gasteiger partial charge on any atom is -0.404 e. The highest BCUT2D eigenvalue weighted by molar-refractivity contribution is 5.94. The van der Waals surface area contributed by atoms with Gasteiger partial charge in [-0.05, 0) is 30.4 Å². The second-order valence-electron chi connectivity index (χ2n) is 6.61. The Hall–Kier alpha value is -3.10. The number of dihydropyridines is 1. The second-order valence-corrected chi connectivity index (χ2v) is 6.61. The average molecular weight is 364 g/mol. The lowest BCUT2D eigenvalue weighted by molar-refractivity contribution is 0.0224. The van der Waals surface area contributed by atoms with Crippen molar-refractivity contribution in [1.82, 2.24) is 25.4 Å². The predicted octanol–water partition coefficient (Wildman–Crippen LogP) is 1.96. The van der Waals surface area contributed by atoms with E-state index in [2.05, 4.69) is 43.6 Å². The third kappa shape index (κ3) is 2.98. The molecule has 2 aromatic heterocycles. The number of allylic oxidation sites excluding steroid dienone is 2. The van der Waals surface area contributed by atoms with E-state index in [9.17, 15) is 0 Å². The molecule has 1 unspecified atom stereocenters. The number of hydrogen-bond donors (Lipinski definition) is 3. The van der Waals surface area contributed by atoms with Gasteiger partial charge in [0.25, 0.3) is 0 Å². The van der Waals surface area contributed by atoms with E-state index in [1.807, 2.05) is 24.4 Å². The molecule has 0 bridgehead atoms. The number of aromatic amines is 1. The summed E-state index contributed by atoms with van der Waals surface area (Å²) in [6.45, 7) is 3.39. The number of anilines is 1. The lowest BCUT2D eigenvalue weighted by atomic mass is 10.0. The van der Waals surface area contributed by atoms with E-state index in [0.717, 1.165) is 54.0 Å². The van der Waals surface area contributed by atoms with E-state index in [4.69, 9.17) is 14.9 Å². The highest BCUT2D eigenvalue weighted by Gasteiger charge is 2.22. The zero-order valence-corrected chi connectivity index (χ0v) is 14.7. The van der Waals surface area contributed by atoms with Gasteiger partial charge in [0.15, 0.2) is 0 Å². The van der Waals surface area contributed by atoms with Crippen molar-refractivity contribution in [3.8, 4) is 11.5 Å². The maximum atomic E-state index is 5.55. The number of morpholine rings is 1. The number of nitrogens with one attached hydrogen (secondary N) is 2. The van der Waals surface area contributed by atoms with Gasteiger partial charge in [-0.15, -0.1) is 5.10 Å². The van der Waals surface area contributed by atoms with Gasteiger partial charge in [0, 0.05) is 47.0 Å². The van der Waals surface area contributed by atoms with E-state index in [1.54, 1.807) is 0 Å². The summed E-state index contributed by atoms with van der Waals surface area (Å²) in [5, 5.41) is 12.4. The van der Waals surface area contributed by atoms with Gasteiger partial charge in [-0.3, -0.25) is 4.90 Å². The number of hydrogen-bond acceptors (Lipinski definition) is 7. The van der Waals surface area contributed by atoms with Crippen LogP contribution in [0, 0.1) is 0 Å². The Bertz CT molecular complexity index is 1030. The van der Waals surface area contributed by atoms with E-state index >= 15 is 0 Å². The van der Waals surface area contributed by atoms with Gasteiger partial charge in [-0.25, -0.2) is 0 Å². The molecule has 27 heavy (non-hydrogen) atoms. The molecule has 0 spiro atoms. The number of rotatable bonds is 3. The third-order valence-corrected chi connectivity index (χ3v) is 4.96. The molecule has 0 amide bonds. The van der Waals surface area contributed by atoms with Gasteiger partial charge in [-0.1, -0.05) is 11.2 Å². The smallest absolute Gasteiger partial charge is 0.313 e. The molecule has 1 atom stereocenters. The first-order valence-corrected chi connectivity index (χ1v) is 8.95. The maximum Gasteiger partial charge on any atom is 0.313 e. The molecular weight excluding hydrogens is 344 g/mol. The van der Waals surface area contributed by atoms with E-state index < -0.39 is 0 Å². The molecule has 1 fully saturated rings. The van der Waals surface area contributed by atoms with Crippen LogP contribution in [0.3, 0.4) is 0 Å². The van der Waals surface area contributed by atoms with Crippen molar-refractivity contribution in [3.63, 3.8) is 0 Å². The Morgan fingerprint density at radius 1 is 1.19 bits per heavy atom. The fourth-order valence-electron chi connectivity index (χ4n) is 3.58. The van der Waals surface area contributed by atoms with Crippen LogP contribution < -0.4 is 11.1 Å². The summed E-state index contributed by atoms with van der Waals surface area (Å²) in [5.74, 6) is 0.415. The van der Waals surface area contributed by atoms with Crippen molar-refractivity contribution < 1.29 is 9.15 Å². The molecule has 0 radical (unpaired) electrons. The standard InChI is InChI=1S/C19H20N6O2/c20-19-24-23-18(27-19)12-4-5-15-13(10-12)14(11-21-15)16-2-1-3-17(22-16)25-6-8-26-9-7-25/h1-5,10-11,17,21-22H,6-9H2,(H2,20,24). The highest BCUT2D eigenvalue weighted by Crippen LogP contribution is 2.30. The van der Waals surface area contributed by atoms with Gasteiger partial charge in [0.2, 0.25) is 5.89 Å². The quantitative estimate of drug-likeness (QED) is 0.652. The van der Waals surface area contributed by atoms with Crippen LogP contribution in [-0.2, 0) is 4.74 Å². The largest absolute Gasteiger partial charge is 0.404 e. The zero-order valence-electron chi connectivity index (χ0n) is 14.7. The number of nitrogens with two attached hydrogens (primary N) is 1. The minimum atomic E-state index is 0.0644. The molecule has 8 heteroatoms. The summed E-state index contributed by atoms with van der Waals surface area (Å²) in [4.78, 5) is 5.72. The SMILES string of the molecule is Nc1nnc(-c2ccc3[nH]cc(C4=CC=CC(N5CCOCC5)N4)c3c2)o1. The Labute approximate surface area is 155 Å². The monoisotopic (exact) mass is 364 g/mol. The summed E-state index contributed by atoms with van der Waals surface area (Å²) in [6, 6.07) is 6.05. The molecule has 2 aliphatic rings. The summed E-state index contributed by atoms with van der Waals surface area (Å²) < 4.78 is 10.8. The normalized spacial score (nSPS) is 20.6. The van der Waals surface area contributed by atoms with Crippen molar-refractivity contribution in [2.75, 3.05) is 32.0 Å². The topological polar surface area (TPSA) is 105 Å². The van der Waals surface area contributed by atoms with Crippen LogP contribution in [0.4, 0.5) is 6.01 Å². The first kappa shape index (κ1) is 16.1. The molecule has 138 valence electrons. The first-order chi connectivity index (χ1) is 13.3. The molecule has 0 aliphatic carbocycles. The van der Waals surface area contributed by atoms with Gasteiger partial charge in [0.1, 0.15) is 0 Å². The van der Waals surface area contributed by atoms with E-state index in [0.29, 0.717) is 5.89 Å². The number of aromatic nitrogens is 3. The fourth-order valence-corrected chi connectivity index (χ4v) is 3.58. The molecule has 4 N–H and O–H groups in total. The summed E-state index contributed by atoms with van der Waals surface area (Å²) in [5.41, 5.74) is 9.61. The molecule has 4 heterocycles. The molecular formula is C19H20N6O2. The van der Waals surface area contributed by atoms with Crippen LogP contribution >= 0.6 is 0 Å². The molecule has 0 saturated carbocycles. The minimum absolute atomic E-state index is 0.0644. The van der Waals surface area contributed by atoms with E-state index in [1.165, 1.54) is 0 Å². The first-order valence-electron chi connectivity index (χ1n) is 8.95. The van der Waals surface area contributed by atoms with Crippen molar-refractivity contribution >= 4 is 22.6 Å². The summed E-state index contributed by atoms with van der Waals surface area (Å²) in [7, 11) is 0. The summed E-state index contributed by atoms with van der Waals surface area (Å²) >= 11 is 0. The summed E-state index contributed by atoms with van der Waals surface area (Å²) in [6.07, 6.45) is 8.56. The maximum absolute atomic E-state index is 5.55. The Kier molecular flexibility index (Phi) is 3.92. The molecule has 1 saturated heterocycles.